The fourth-order valence-corrected chi connectivity index (χ4v) is 4.30. The van der Waals surface area contributed by atoms with Gasteiger partial charge in [0.1, 0.15) is 17.2 Å². The Labute approximate surface area is 229 Å². The summed E-state index contributed by atoms with van der Waals surface area (Å²) in [6, 6.07) is 13.9. The lowest BCUT2D eigenvalue weighted by atomic mass is 9.79. The van der Waals surface area contributed by atoms with Gasteiger partial charge in [0.25, 0.3) is 5.91 Å². The fraction of sp³-hybridized carbons (Fsp3) is 0.276. The van der Waals surface area contributed by atoms with Gasteiger partial charge in [0.15, 0.2) is 0 Å². The molecule has 4 rings (SSSR count). The number of benzene rings is 2. The molecular formula is C29H30F4N6O. The van der Waals surface area contributed by atoms with Gasteiger partial charge in [-0.3, -0.25) is 9.78 Å². The maximum atomic E-state index is 14.9. The fourth-order valence-electron chi connectivity index (χ4n) is 4.30. The number of anilines is 1. The third-order valence-electron chi connectivity index (χ3n) is 6.82. The molecule has 2 aromatic carbocycles. The van der Waals surface area contributed by atoms with Crippen LogP contribution in [0.1, 0.15) is 42.4 Å². The first kappa shape index (κ1) is 28.9. The molecule has 40 heavy (non-hydrogen) atoms. The number of rotatable bonds is 10. The predicted molar refractivity (Wildman–Crippen MR) is 146 cm³/mol. The first-order chi connectivity index (χ1) is 19.0. The Kier molecular flexibility index (Phi) is 8.65. The van der Waals surface area contributed by atoms with Crippen molar-refractivity contribution < 1.29 is 22.4 Å². The Balaban J connectivity index is 1.70. The van der Waals surface area contributed by atoms with Crippen LogP contribution < -0.4 is 22.5 Å². The van der Waals surface area contributed by atoms with Crippen LogP contribution in [0.5, 0.6) is 0 Å². The van der Waals surface area contributed by atoms with Crippen molar-refractivity contribution in [2.24, 2.45) is 28.1 Å². The number of allylic oxidation sites excluding steroid dienone is 1. The predicted octanol–water partition coefficient (Wildman–Crippen LogP) is 5.19. The standard InChI is InChI=1S/C29H30F4N6O/c30-23-7-6-21(28(36,11-8-18-4-5-18)20-9-12-37-13-10-20)15-24(23)39-27(40)25(16-26(35)29(31,32)33)38-22-3-1-2-19(14-22)17-34/h1-3,6-7,9-10,12-16,18H,4-5,8,11,17,34-36H2,(H,39,40). The highest BCUT2D eigenvalue weighted by molar-refractivity contribution is 6.47. The largest absolute Gasteiger partial charge is 0.430 e. The second kappa shape index (κ2) is 12.0. The number of carbonyl (C=O) groups excluding carboxylic acids is 1. The van der Waals surface area contributed by atoms with E-state index in [9.17, 15) is 22.4 Å². The SMILES string of the molecule is NCc1cccc(N=C(C=C(N)C(F)(F)F)C(=O)Nc2cc(C(N)(CCC3CC3)c3ccncc3)ccc2F)c1. The molecule has 1 heterocycles. The summed E-state index contributed by atoms with van der Waals surface area (Å²) in [5.41, 5.74) is 16.4. The van der Waals surface area contributed by atoms with Gasteiger partial charge in [-0.05, 0) is 77.9 Å². The van der Waals surface area contributed by atoms with E-state index in [1.807, 2.05) is 0 Å². The summed E-state index contributed by atoms with van der Waals surface area (Å²) < 4.78 is 54.6. The van der Waals surface area contributed by atoms with E-state index in [1.54, 1.807) is 36.7 Å². The van der Waals surface area contributed by atoms with Crippen molar-refractivity contribution in [2.45, 2.75) is 43.9 Å². The van der Waals surface area contributed by atoms with Crippen LogP contribution in [0.4, 0.5) is 28.9 Å². The van der Waals surface area contributed by atoms with Crippen LogP contribution >= 0.6 is 0 Å². The maximum absolute atomic E-state index is 14.9. The summed E-state index contributed by atoms with van der Waals surface area (Å²) in [5.74, 6) is -1.31. The van der Waals surface area contributed by atoms with Crippen molar-refractivity contribution in [1.29, 1.82) is 0 Å². The van der Waals surface area contributed by atoms with Gasteiger partial charge in [-0.1, -0.05) is 31.0 Å². The topological polar surface area (TPSA) is 132 Å². The van der Waals surface area contributed by atoms with E-state index in [1.165, 1.54) is 24.3 Å². The molecule has 1 aromatic heterocycles. The second-order valence-corrected chi connectivity index (χ2v) is 9.81. The number of aliphatic imine (C=N–C) groups is 1. The summed E-state index contributed by atoms with van der Waals surface area (Å²) >= 11 is 0. The number of amides is 1. The molecule has 1 aliphatic carbocycles. The van der Waals surface area contributed by atoms with Crippen LogP contribution in [0, 0.1) is 11.7 Å². The van der Waals surface area contributed by atoms with Crippen molar-refractivity contribution in [3.05, 3.63) is 101 Å². The van der Waals surface area contributed by atoms with Gasteiger partial charge in [0.2, 0.25) is 0 Å². The Morgan fingerprint density at radius 2 is 1.80 bits per heavy atom. The molecule has 7 nitrogen and oxygen atoms in total. The van der Waals surface area contributed by atoms with E-state index in [4.69, 9.17) is 17.2 Å². The van der Waals surface area contributed by atoms with E-state index < -0.39 is 34.8 Å². The minimum absolute atomic E-state index is 0.155. The van der Waals surface area contributed by atoms with Crippen molar-refractivity contribution in [3.8, 4) is 0 Å². The van der Waals surface area contributed by atoms with Crippen molar-refractivity contribution in [1.82, 2.24) is 4.98 Å². The molecular weight excluding hydrogens is 524 g/mol. The molecule has 0 aliphatic heterocycles. The van der Waals surface area contributed by atoms with Gasteiger partial charge in [-0.15, -0.1) is 0 Å². The molecule has 0 spiro atoms. The quantitative estimate of drug-likeness (QED) is 0.202. The summed E-state index contributed by atoms with van der Waals surface area (Å²) in [5, 5.41) is 2.35. The lowest BCUT2D eigenvalue weighted by Crippen LogP contribution is -2.38. The molecule has 1 saturated carbocycles. The van der Waals surface area contributed by atoms with Crippen LogP contribution in [-0.2, 0) is 16.9 Å². The lowest BCUT2D eigenvalue weighted by Gasteiger charge is -2.31. The Hall–Kier alpha value is -4.09. The van der Waals surface area contributed by atoms with Gasteiger partial charge in [0, 0.05) is 18.9 Å². The highest BCUT2D eigenvalue weighted by atomic mass is 19.4. The number of halogens is 4. The minimum Gasteiger partial charge on any atom is -0.395 e. The number of nitrogens with one attached hydrogen (secondary N) is 1. The second-order valence-electron chi connectivity index (χ2n) is 9.81. The zero-order valence-electron chi connectivity index (χ0n) is 21.6. The van der Waals surface area contributed by atoms with Gasteiger partial charge < -0.3 is 22.5 Å². The Morgan fingerprint density at radius 1 is 1.07 bits per heavy atom. The molecule has 1 fully saturated rings. The molecule has 0 radical (unpaired) electrons. The summed E-state index contributed by atoms with van der Waals surface area (Å²) in [6.07, 6.45) is 2.40. The molecule has 1 atom stereocenters. The van der Waals surface area contributed by atoms with E-state index in [-0.39, 0.29) is 17.9 Å². The number of carbonyl (C=O) groups is 1. The molecule has 1 amide bonds. The van der Waals surface area contributed by atoms with Crippen LogP contribution in [0.15, 0.2) is 83.8 Å². The average molecular weight is 555 g/mol. The van der Waals surface area contributed by atoms with Gasteiger partial charge >= 0.3 is 6.18 Å². The summed E-state index contributed by atoms with van der Waals surface area (Å²) in [7, 11) is 0. The summed E-state index contributed by atoms with van der Waals surface area (Å²) in [6.45, 7) is 0.155. The van der Waals surface area contributed by atoms with Gasteiger partial charge in [0.05, 0.1) is 16.9 Å². The average Bonchev–Trinajstić information content (AvgIpc) is 3.77. The van der Waals surface area contributed by atoms with Crippen molar-refractivity contribution in [3.63, 3.8) is 0 Å². The third-order valence-corrected chi connectivity index (χ3v) is 6.82. The summed E-state index contributed by atoms with van der Waals surface area (Å²) in [4.78, 5) is 21.3. The third kappa shape index (κ3) is 7.10. The normalized spacial score (nSPS) is 15.9. The van der Waals surface area contributed by atoms with Crippen LogP contribution in [0.25, 0.3) is 0 Å². The molecule has 1 unspecified atom stereocenters. The maximum Gasteiger partial charge on any atom is 0.430 e. The molecule has 7 N–H and O–H groups in total. The van der Waals surface area contributed by atoms with Crippen molar-refractivity contribution >= 4 is 23.0 Å². The number of aromatic nitrogens is 1. The molecule has 210 valence electrons. The zero-order chi connectivity index (χ0) is 28.9. The Bertz CT molecular complexity index is 1420. The van der Waals surface area contributed by atoms with Gasteiger partial charge in [-0.2, -0.15) is 13.2 Å². The van der Waals surface area contributed by atoms with Gasteiger partial charge in [-0.25, -0.2) is 9.38 Å². The first-order valence-electron chi connectivity index (χ1n) is 12.7. The molecule has 0 saturated heterocycles. The number of hydrogen-bond acceptors (Lipinski definition) is 6. The highest BCUT2D eigenvalue weighted by Gasteiger charge is 2.34. The number of alkyl halides is 3. The number of nitrogens with zero attached hydrogens (tertiary/aromatic N) is 2. The van der Waals surface area contributed by atoms with Crippen LogP contribution in [0.2, 0.25) is 0 Å². The minimum atomic E-state index is -4.91. The first-order valence-corrected chi connectivity index (χ1v) is 12.7. The molecule has 0 bridgehead atoms. The van der Waals surface area contributed by atoms with E-state index in [0.29, 0.717) is 29.5 Å². The van der Waals surface area contributed by atoms with E-state index >= 15 is 0 Å². The number of hydrogen-bond donors (Lipinski definition) is 4. The number of pyridine rings is 1. The Morgan fingerprint density at radius 3 is 2.45 bits per heavy atom. The van der Waals surface area contributed by atoms with E-state index in [0.717, 1.165) is 30.9 Å². The van der Waals surface area contributed by atoms with Crippen molar-refractivity contribution in [2.75, 3.05) is 5.32 Å². The smallest absolute Gasteiger partial charge is 0.395 e. The molecule has 1 aliphatic rings. The molecule has 11 heteroatoms. The number of nitrogens with two attached hydrogens (primary N) is 3. The lowest BCUT2D eigenvalue weighted by molar-refractivity contribution is -0.110. The zero-order valence-corrected chi connectivity index (χ0v) is 21.6. The monoisotopic (exact) mass is 554 g/mol. The molecule has 3 aromatic rings. The van der Waals surface area contributed by atoms with E-state index in [2.05, 4.69) is 15.3 Å². The van der Waals surface area contributed by atoms with Crippen LogP contribution in [-0.4, -0.2) is 22.8 Å². The highest BCUT2D eigenvalue weighted by Crippen LogP contribution is 2.40. The van der Waals surface area contributed by atoms with Crippen LogP contribution in [0.3, 0.4) is 0 Å².